The average molecular weight is 376 g/mol. The van der Waals surface area contributed by atoms with Gasteiger partial charge in [0.15, 0.2) is 0 Å². The van der Waals surface area contributed by atoms with E-state index in [4.69, 9.17) is 15.8 Å². The molecule has 25 heavy (non-hydrogen) atoms. The van der Waals surface area contributed by atoms with Gasteiger partial charge in [-0.05, 0) is 51.5 Å². The van der Waals surface area contributed by atoms with E-state index in [1.54, 1.807) is 4.31 Å². The molecule has 2 heterocycles. The zero-order chi connectivity index (χ0) is 18.7. The van der Waals surface area contributed by atoms with Crippen molar-refractivity contribution in [2.75, 3.05) is 32.7 Å². The molecule has 10 heteroatoms. The quantitative estimate of drug-likeness (QED) is 0.412. The molecular formula is C15H33BN4O4S. The summed E-state index contributed by atoms with van der Waals surface area (Å²) in [5.41, 5.74) is 5.79. The lowest BCUT2D eigenvalue weighted by molar-refractivity contribution is 0.252. The van der Waals surface area contributed by atoms with Crippen LogP contribution >= 0.6 is 0 Å². The first-order valence-corrected chi connectivity index (χ1v) is 10.7. The van der Waals surface area contributed by atoms with Gasteiger partial charge in [0.1, 0.15) is 0 Å². The summed E-state index contributed by atoms with van der Waals surface area (Å²) >= 11 is 0. The summed E-state index contributed by atoms with van der Waals surface area (Å²) in [5, 5.41) is 21.3. The average Bonchev–Trinajstić information content (AvgIpc) is 2.84. The molecule has 0 amide bonds. The van der Waals surface area contributed by atoms with E-state index in [1.807, 2.05) is 13.8 Å². The van der Waals surface area contributed by atoms with Crippen LogP contribution in [0.2, 0.25) is 6.32 Å². The molecule has 5 N–H and O–H groups in total. The topological polar surface area (TPSA) is 119 Å². The van der Waals surface area contributed by atoms with Gasteiger partial charge in [-0.25, -0.2) is 0 Å². The van der Waals surface area contributed by atoms with E-state index in [0.29, 0.717) is 32.5 Å². The molecule has 2 aliphatic rings. The smallest absolute Gasteiger partial charge is 0.427 e. The van der Waals surface area contributed by atoms with Gasteiger partial charge in [-0.3, -0.25) is 0 Å². The highest BCUT2D eigenvalue weighted by Crippen LogP contribution is 2.33. The molecule has 0 aliphatic carbocycles. The lowest BCUT2D eigenvalue weighted by atomic mass is 9.79. The number of nitrogens with one attached hydrogen (secondary N) is 1. The van der Waals surface area contributed by atoms with Gasteiger partial charge in [-0.1, -0.05) is 13.3 Å². The third kappa shape index (κ3) is 5.15. The number of nitrogens with two attached hydrogens (primary N) is 1. The molecule has 2 fully saturated rings. The summed E-state index contributed by atoms with van der Waals surface area (Å²) in [4.78, 5) is 0. The van der Waals surface area contributed by atoms with Crippen molar-refractivity contribution in [3.63, 3.8) is 0 Å². The highest BCUT2D eigenvalue weighted by molar-refractivity contribution is 7.86. The van der Waals surface area contributed by atoms with Gasteiger partial charge in [0.2, 0.25) is 0 Å². The van der Waals surface area contributed by atoms with Crippen molar-refractivity contribution >= 4 is 17.3 Å². The zero-order valence-corrected chi connectivity index (χ0v) is 16.2. The van der Waals surface area contributed by atoms with Gasteiger partial charge in [0.05, 0.1) is 0 Å². The number of piperidine rings is 1. The van der Waals surface area contributed by atoms with E-state index in [-0.39, 0.29) is 18.3 Å². The normalized spacial score (nSPS) is 29.4. The van der Waals surface area contributed by atoms with Crippen LogP contribution in [0.4, 0.5) is 0 Å². The Morgan fingerprint density at radius 2 is 2.00 bits per heavy atom. The van der Waals surface area contributed by atoms with Crippen molar-refractivity contribution in [3.05, 3.63) is 0 Å². The summed E-state index contributed by atoms with van der Waals surface area (Å²) < 4.78 is 29.5. The number of hydrogen-bond acceptors (Lipinski definition) is 6. The summed E-state index contributed by atoms with van der Waals surface area (Å²) in [7, 11) is -4.85. The largest absolute Gasteiger partial charge is 0.451 e. The minimum absolute atomic E-state index is 0.0211. The van der Waals surface area contributed by atoms with E-state index in [0.717, 1.165) is 25.9 Å². The monoisotopic (exact) mass is 376 g/mol. The first kappa shape index (κ1) is 21.1. The Kier molecular flexibility index (Phi) is 7.29. The summed E-state index contributed by atoms with van der Waals surface area (Å²) in [5.74, 6) is 0.0211. The Hall–Kier alpha value is -0.225. The van der Waals surface area contributed by atoms with Crippen LogP contribution in [0.5, 0.6) is 0 Å². The standard InChI is InChI=1S/C15H33BN4O4S/c1-3-20(14-6-9-18-10-7-14)25(23,24)19-11-13(15(2,17)12-19)5-4-8-16(21)22/h13-14,18,21-22H,3-12,17H2,1-2H3/t13-,15-/m0/s1. The minimum Gasteiger partial charge on any atom is -0.427 e. The molecule has 0 aromatic rings. The molecule has 0 aromatic heterocycles. The maximum atomic E-state index is 13.2. The molecule has 8 nitrogen and oxygen atoms in total. The predicted molar refractivity (Wildman–Crippen MR) is 99.1 cm³/mol. The Labute approximate surface area is 152 Å². The van der Waals surface area contributed by atoms with Gasteiger partial charge < -0.3 is 21.1 Å². The third-order valence-corrected chi connectivity index (χ3v) is 7.62. The van der Waals surface area contributed by atoms with Crippen LogP contribution in [-0.2, 0) is 10.2 Å². The second-order valence-electron chi connectivity index (χ2n) is 7.60. The van der Waals surface area contributed by atoms with Crippen molar-refractivity contribution in [2.24, 2.45) is 11.7 Å². The number of hydrogen-bond donors (Lipinski definition) is 4. The summed E-state index contributed by atoms with van der Waals surface area (Å²) in [6, 6.07) is 0.0452. The van der Waals surface area contributed by atoms with Crippen LogP contribution in [0.3, 0.4) is 0 Å². The summed E-state index contributed by atoms with van der Waals surface area (Å²) in [6.07, 6.45) is 3.26. The Morgan fingerprint density at radius 1 is 1.36 bits per heavy atom. The fourth-order valence-electron chi connectivity index (χ4n) is 4.02. The fraction of sp³-hybridized carbons (Fsp3) is 1.00. The fourth-order valence-corrected chi connectivity index (χ4v) is 6.04. The molecule has 0 aromatic carbocycles. The second-order valence-corrected chi connectivity index (χ2v) is 9.48. The van der Waals surface area contributed by atoms with Crippen molar-refractivity contribution in [3.8, 4) is 0 Å². The van der Waals surface area contributed by atoms with Crippen LogP contribution in [0.15, 0.2) is 0 Å². The van der Waals surface area contributed by atoms with Gasteiger partial charge in [0.25, 0.3) is 10.2 Å². The molecule has 0 radical (unpaired) electrons. The van der Waals surface area contributed by atoms with Crippen LogP contribution in [0, 0.1) is 5.92 Å². The van der Waals surface area contributed by atoms with Crippen LogP contribution < -0.4 is 11.1 Å². The Balaban J connectivity index is 2.05. The first-order valence-electron chi connectivity index (χ1n) is 9.31. The van der Waals surface area contributed by atoms with E-state index >= 15 is 0 Å². The minimum atomic E-state index is -3.54. The maximum Gasteiger partial charge on any atom is 0.451 e. The van der Waals surface area contributed by atoms with E-state index < -0.39 is 22.9 Å². The van der Waals surface area contributed by atoms with Crippen molar-refractivity contribution in [1.82, 2.24) is 13.9 Å². The van der Waals surface area contributed by atoms with E-state index in [2.05, 4.69) is 5.32 Å². The van der Waals surface area contributed by atoms with E-state index in [9.17, 15) is 8.42 Å². The lowest BCUT2D eigenvalue weighted by Gasteiger charge is -2.35. The molecule has 0 saturated carbocycles. The molecule has 0 spiro atoms. The van der Waals surface area contributed by atoms with Crippen LogP contribution in [0.1, 0.15) is 39.5 Å². The molecule has 2 atom stereocenters. The number of rotatable bonds is 8. The molecule has 2 saturated heterocycles. The molecule has 146 valence electrons. The Morgan fingerprint density at radius 3 is 2.56 bits per heavy atom. The molecule has 2 aliphatic heterocycles. The van der Waals surface area contributed by atoms with E-state index in [1.165, 1.54) is 4.31 Å². The van der Waals surface area contributed by atoms with Crippen molar-refractivity contribution < 1.29 is 18.5 Å². The third-order valence-electron chi connectivity index (χ3n) is 5.54. The van der Waals surface area contributed by atoms with Gasteiger partial charge in [-0.15, -0.1) is 0 Å². The number of nitrogens with zero attached hydrogens (tertiary/aromatic N) is 2. The first-order chi connectivity index (χ1) is 11.7. The zero-order valence-electron chi connectivity index (χ0n) is 15.4. The molecular weight excluding hydrogens is 343 g/mol. The van der Waals surface area contributed by atoms with Crippen LogP contribution in [0.25, 0.3) is 0 Å². The summed E-state index contributed by atoms with van der Waals surface area (Å²) in [6.45, 7) is 6.64. The van der Waals surface area contributed by atoms with Crippen molar-refractivity contribution in [2.45, 2.75) is 57.4 Å². The highest BCUT2D eigenvalue weighted by Gasteiger charge is 2.46. The van der Waals surface area contributed by atoms with Crippen LogP contribution in [-0.4, -0.2) is 78.5 Å². The SMILES string of the molecule is CCN(C1CCNCC1)S(=O)(=O)N1C[C@H](CCCB(O)O)[C@@](C)(N)C1. The van der Waals surface area contributed by atoms with Gasteiger partial charge in [0, 0.05) is 31.2 Å². The highest BCUT2D eigenvalue weighted by atomic mass is 32.2. The van der Waals surface area contributed by atoms with Gasteiger partial charge in [-0.2, -0.15) is 17.0 Å². The molecule has 0 unspecified atom stereocenters. The molecule has 0 bridgehead atoms. The predicted octanol–water partition coefficient (Wildman–Crippen LogP) is -0.793. The van der Waals surface area contributed by atoms with Crippen molar-refractivity contribution in [1.29, 1.82) is 0 Å². The Bertz CT molecular complexity index is 526. The molecule has 2 rings (SSSR count). The second kappa shape index (κ2) is 8.64. The maximum absolute atomic E-state index is 13.2. The lowest BCUT2D eigenvalue weighted by Crippen LogP contribution is -2.52. The van der Waals surface area contributed by atoms with Gasteiger partial charge >= 0.3 is 7.12 Å².